The van der Waals surface area contributed by atoms with Crippen molar-refractivity contribution in [3.8, 4) is 21.0 Å². The van der Waals surface area contributed by atoms with E-state index in [2.05, 4.69) is 28.7 Å². The molecule has 0 bridgehead atoms. The van der Waals surface area contributed by atoms with Gasteiger partial charge in [-0.15, -0.1) is 22.7 Å². The van der Waals surface area contributed by atoms with Crippen molar-refractivity contribution in [1.82, 2.24) is 9.78 Å². The Balaban J connectivity index is 1.89. The molecule has 2 N–H and O–H groups in total. The maximum Gasteiger partial charge on any atom is 0.130 e. The van der Waals surface area contributed by atoms with E-state index >= 15 is 0 Å². The molecule has 0 aliphatic carbocycles. The Kier molecular flexibility index (Phi) is 3.32. The van der Waals surface area contributed by atoms with E-state index in [1.54, 1.807) is 16.0 Å². The molecule has 3 nitrogen and oxygen atoms in total. The van der Waals surface area contributed by atoms with Gasteiger partial charge in [-0.05, 0) is 35.2 Å². The molecule has 0 saturated carbocycles. The number of hydrogen-bond acceptors (Lipinski definition) is 5. The first-order valence-electron chi connectivity index (χ1n) is 6.80. The Morgan fingerprint density at radius 1 is 1.33 bits per heavy atom. The number of rotatable bonds is 2. The minimum absolute atomic E-state index is 0.744. The van der Waals surface area contributed by atoms with Gasteiger partial charge in [-0.25, -0.2) is 0 Å². The fourth-order valence-corrected chi connectivity index (χ4v) is 5.78. The number of anilines is 1. The summed E-state index contributed by atoms with van der Waals surface area (Å²) in [6.07, 6.45) is 1.18. The van der Waals surface area contributed by atoms with Gasteiger partial charge in [-0.1, -0.05) is 6.07 Å². The number of thiophene rings is 2. The molecule has 0 spiro atoms. The molecule has 1 aliphatic rings. The van der Waals surface area contributed by atoms with Crippen LogP contribution < -0.4 is 5.73 Å². The standard InChI is InChI=1S/C15H15N3S3/c1-18-15(16)13(11-3-2-5-20-11)14(17-18)12-7-9-8-19-6-4-10(9)21-12/h2-3,5,7H,4,6,8,16H2,1H3. The number of aromatic nitrogens is 2. The first-order valence-corrected chi connectivity index (χ1v) is 9.65. The highest BCUT2D eigenvalue weighted by molar-refractivity contribution is 7.98. The summed E-state index contributed by atoms with van der Waals surface area (Å²) in [5, 5.41) is 6.77. The van der Waals surface area contributed by atoms with Crippen LogP contribution in [0.5, 0.6) is 0 Å². The number of thioether (sulfide) groups is 1. The third-order valence-corrected chi connectivity index (χ3v) is 6.86. The van der Waals surface area contributed by atoms with Crippen LogP contribution in [-0.4, -0.2) is 15.5 Å². The van der Waals surface area contributed by atoms with Gasteiger partial charge >= 0.3 is 0 Å². The molecule has 0 amide bonds. The van der Waals surface area contributed by atoms with Gasteiger partial charge in [0.25, 0.3) is 0 Å². The minimum atomic E-state index is 0.744. The average molecular weight is 334 g/mol. The van der Waals surface area contributed by atoms with E-state index in [0.29, 0.717) is 0 Å². The van der Waals surface area contributed by atoms with Crippen molar-refractivity contribution < 1.29 is 0 Å². The van der Waals surface area contributed by atoms with Gasteiger partial charge in [0.1, 0.15) is 11.5 Å². The van der Waals surface area contributed by atoms with Crippen molar-refractivity contribution in [2.24, 2.45) is 7.05 Å². The van der Waals surface area contributed by atoms with Gasteiger partial charge in [-0.2, -0.15) is 16.9 Å². The molecular formula is C15H15N3S3. The minimum Gasteiger partial charge on any atom is -0.383 e. The molecule has 3 aromatic rings. The van der Waals surface area contributed by atoms with Crippen molar-refractivity contribution >= 4 is 40.3 Å². The van der Waals surface area contributed by atoms with Gasteiger partial charge in [0, 0.05) is 22.6 Å². The summed E-state index contributed by atoms with van der Waals surface area (Å²) in [6.45, 7) is 0. The zero-order valence-electron chi connectivity index (χ0n) is 11.6. The van der Waals surface area contributed by atoms with Crippen molar-refractivity contribution in [2.45, 2.75) is 12.2 Å². The third kappa shape index (κ3) is 2.22. The molecule has 21 heavy (non-hydrogen) atoms. The largest absolute Gasteiger partial charge is 0.383 e. The van der Waals surface area contributed by atoms with Crippen LogP contribution in [0.2, 0.25) is 0 Å². The van der Waals surface area contributed by atoms with Gasteiger partial charge in [-0.3, -0.25) is 4.68 Å². The molecule has 0 unspecified atom stereocenters. The van der Waals surface area contributed by atoms with E-state index in [4.69, 9.17) is 5.73 Å². The highest BCUT2D eigenvalue weighted by Gasteiger charge is 2.22. The second kappa shape index (κ2) is 5.19. The third-order valence-electron chi connectivity index (χ3n) is 3.72. The normalized spacial score (nSPS) is 14.3. The highest BCUT2D eigenvalue weighted by Crippen LogP contribution is 2.43. The lowest BCUT2D eigenvalue weighted by Gasteiger charge is -2.08. The van der Waals surface area contributed by atoms with Crippen LogP contribution in [0.1, 0.15) is 10.4 Å². The van der Waals surface area contributed by atoms with Crippen LogP contribution in [0, 0.1) is 0 Å². The Labute approximate surface area is 135 Å². The lowest BCUT2D eigenvalue weighted by molar-refractivity contribution is 0.783. The van der Waals surface area contributed by atoms with E-state index < -0.39 is 0 Å². The molecule has 0 saturated heterocycles. The van der Waals surface area contributed by atoms with E-state index in [1.807, 2.05) is 30.1 Å². The maximum atomic E-state index is 6.26. The number of nitrogens with zero attached hydrogens (tertiary/aromatic N) is 2. The molecular weight excluding hydrogens is 318 g/mol. The molecule has 0 radical (unpaired) electrons. The van der Waals surface area contributed by atoms with Gasteiger partial charge in [0.05, 0.1) is 10.4 Å². The number of fused-ring (bicyclic) bond motifs is 1. The second-order valence-corrected chi connectivity index (χ2v) is 8.26. The summed E-state index contributed by atoms with van der Waals surface area (Å²) in [6, 6.07) is 6.49. The fourth-order valence-electron chi connectivity index (χ4n) is 2.64. The lowest BCUT2D eigenvalue weighted by Crippen LogP contribution is -1.97. The average Bonchev–Trinajstić information content (AvgIpc) is 3.18. The van der Waals surface area contributed by atoms with E-state index in [9.17, 15) is 0 Å². The van der Waals surface area contributed by atoms with Crippen LogP contribution in [0.3, 0.4) is 0 Å². The molecule has 108 valence electrons. The van der Waals surface area contributed by atoms with Crippen molar-refractivity contribution in [1.29, 1.82) is 0 Å². The van der Waals surface area contributed by atoms with Gasteiger partial charge in [0.2, 0.25) is 0 Å². The Bertz CT molecular complexity index is 760. The molecule has 0 atom stereocenters. The molecule has 4 heterocycles. The summed E-state index contributed by atoms with van der Waals surface area (Å²) < 4.78 is 1.79. The van der Waals surface area contributed by atoms with Crippen molar-refractivity contribution in [3.05, 3.63) is 34.0 Å². The quantitative estimate of drug-likeness (QED) is 0.762. The summed E-state index contributed by atoms with van der Waals surface area (Å²) >= 11 is 5.61. The van der Waals surface area contributed by atoms with Crippen molar-refractivity contribution in [2.75, 3.05) is 11.5 Å². The molecule has 4 rings (SSSR count). The first kappa shape index (κ1) is 13.4. The molecule has 1 aliphatic heterocycles. The molecule has 3 aromatic heterocycles. The molecule has 0 aromatic carbocycles. The fraction of sp³-hybridized carbons (Fsp3) is 0.267. The highest BCUT2D eigenvalue weighted by atomic mass is 32.2. The maximum absolute atomic E-state index is 6.26. The number of hydrogen-bond donors (Lipinski definition) is 1. The Morgan fingerprint density at radius 3 is 3.00 bits per heavy atom. The summed E-state index contributed by atoms with van der Waals surface area (Å²) in [7, 11) is 1.92. The van der Waals surface area contributed by atoms with Crippen LogP contribution in [0.4, 0.5) is 5.82 Å². The van der Waals surface area contributed by atoms with Crippen LogP contribution in [-0.2, 0) is 19.2 Å². The Morgan fingerprint density at radius 2 is 2.24 bits per heavy atom. The van der Waals surface area contributed by atoms with E-state index in [1.165, 1.54) is 32.4 Å². The summed E-state index contributed by atoms with van der Waals surface area (Å²) in [5.74, 6) is 3.10. The van der Waals surface area contributed by atoms with Gasteiger partial charge < -0.3 is 5.73 Å². The molecule has 6 heteroatoms. The van der Waals surface area contributed by atoms with Crippen LogP contribution >= 0.6 is 34.4 Å². The topological polar surface area (TPSA) is 43.8 Å². The molecule has 0 fully saturated rings. The van der Waals surface area contributed by atoms with Crippen molar-refractivity contribution in [3.63, 3.8) is 0 Å². The number of aryl methyl sites for hydroxylation is 2. The van der Waals surface area contributed by atoms with E-state index in [0.717, 1.165) is 22.8 Å². The number of nitrogens with two attached hydrogens (primary N) is 1. The smallest absolute Gasteiger partial charge is 0.130 e. The zero-order chi connectivity index (χ0) is 14.4. The van der Waals surface area contributed by atoms with Gasteiger partial charge in [0.15, 0.2) is 0 Å². The number of nitrogen functional groups attached to an aromatic ring is 1. The SMILES string of the molecule is Cn1nc(-c2cc3c(s2)CCSC3)c(-c2cccs2)c1N. The predicted octanol–water partition coefficient (Wildman–Crippen LogP) is 4.25. The predicted molar refractivity (Wildman–Crippen MR) is 94.1 cm³/mol. The Hall–Kier alpha value is -1.24. The van der Waals surface area contributed by atoms with Crippen LogP contribution in [0.25, 0.3) is 21.0 Å². The second-order valence-electron chi connectivity index (χ2n) is 5.07. The lowest BCUT2D eigenvalue weighted by atomic mass is 10.1. The summed E-state index contributed by atoms with van der Waals surface area (Å²) in [4.78, 5) is 3.96. The summed E-state index contributed by atoms with van der Waals surface area (Å²) in [5.41, 5.74) is 9.85. The monoisotopic (exact) mass is 333 g/mol. The van der Waals surface area contributed by atoms with E-state index in [-0.39, 0.29) is 0 Å². The van der Waals surface area contributed by atoms with Crippen LogP contribution in [0.15, 0.2) is 23.6 Å². The first-order chi connectivity index (χ1) is 10.2. The zero-order valence-corrected chi connectivity index (χ0v) is 14.1.